The highest BCUT2D eigenvalue weighted by atomic mass is 32.1. The highest BCUT2D eigenvalue weighted by Crippen LogP contribution is 2.13. The van der Waals surface area contributed by atoms with Crippen LogP contribution in [0.4, 0.5) is 5.69 Å². The van der Waals surface area contributed by atoms with Gasteiger partial charge in [-0.05, 0) is 42.0 Å². The van der Waals surface area contributed by atoms with E-state index >= 15 is 0 Å². The molecule has 0 aliphatic heterocycles. The SMILES string of the molecule is O=C(CCCc1cccs1)Nc1ccc(CO)cc1. The van der Waals surface area contributed by atoms with Gasteiger partial charge in [-0.15, -0.1) is 11.3 Å². The maximum absolute atomic E-state index is 11.7. The van der Waals surface area contributed by atoms with Crippen LogP contribution in [-0.2, 0) is 17.8 Å². The third kappa shape index (κ3) is 4.50. The molecule has 1 aromatic carbocycles. The fourth-order valence-corrected chi connectivity index (χ4v) is 2.55. The predicted molar refractivity (Wildman–Crippen MR) is 78.3 cm³/mol. The monoisotopic (exact) mass is 275 g/mol. The molecule has 0 saturated heterocycles. The second kappa shape index (κ2) is 7.07. The Morgan fingerprint density at radius 2 is 2.00 bits per heavy atom. The molecular weight excluding hydrogens is 258 g/mol. The molecule has 0 spiro atoms. The van der Waals surface area contributed by atoms with E-state index in [9.17, 15) is 4.79 Å². The van der Waals surface area contributed by atoms with Crippen LogP contribution >= 0.6 is 11.3 Å². The average Bonchev–Trinajstić information content (AvgIpc) is 2.93. The van der Waals surface area contributed by atoms with E-state index in [4.69, 9.17) is 5.11 Å². The van der Waals surface area contributed by atoms with Gasteiger partial charge in [-0.25, -0.2) is 0 Å². The standard InChI is InChI=1S/C15H17NO2S/c17-11-12-6-8-13(9-7-12)16-15(18)5-1-3-14-4-2-10-19-14/h2,4,6-10,17H,1,3,5,11H2,(H,16,18). The summed E-state index contributed by atoms with van der Waals surface area (Å²) in [5, 5.41) is 13.8. The summed E-state index contributed by atoms with van der Waals surface area (Å²) < 4.78 is 0. The first-order chi connectivity index (χ1) is 9.28. The maximum atomic E-state index is 11.7. The third-order valence-electron chi connectivity index (χ3n) is 2.83. The van der Waals surface area contributed by atoms with Gasteiger partial charge in [-0.1, -0.05) is 18.2 Å². The number of aliphatic hydroxyl groups is 1. The summed E-state index contributed by atoms with van der Waals surface area (Å²) in [5.74, 6) is 0.0355. The Kier molecular flexibility index (Phi) is 5.12. The lowest BCUT2D eigenvalue weighted by molar-refractivity contribution is -0.116. The summed E-state index contributed by atoms with van der Waals surface area (Å²) in [6.45, 7) is 0.0229. The van der Waals surface area contributed by atoms with Gasteiger partial charge in [0.15, 0.2) is 0 Å². The molecule has 0 unspecified atom stereocenters. The zero-order chi connectivity index (χ0) is 13.5. The summed E-state index contributed by atoms with van der Waals surface area (Å²) in [4.78, 5) is 13.1. The Morgan fingerprint density at radius 1 is 1.21 bits per heavy atom. The fraction of sp³-hybridized carbons (Fsp3) is 0.267. The molecule has 0 atom stereocenters. The minimum atomic E-state index is 0.0229. The highest BCUT2D eigenvalue weighted by molar-refractivity contribution is 7.09. The third-order valence-corrected chi connectivity index (χ3v) is 3.76. The quantitative estimate of drug-likeness (QED) is 0.850. The van der Waals surface area contributed by atoms with Crippen LogP contribution in [-0.4, -0.2) is 11.0 Å². The number of hydrogen-bond donors (Lipinski definition) is 2. The first-order valence-electron chi connectivity index (χ1n) is 6.30. The Labute approximate surface area is 116 Å². The number of aryl methyl sites for hydroxylation is 1. The number of amides is 1. The van der Waals surface area contributed by atoms with Gasteiger partial charge < -0.3 is 10.4 Å². The molecule has 0 aliphatic carbocycles. The highest BCUT2D eigenvalue weighted by Gasteiger charge is 2.03. The van der Waals surface area contributed by atoms with Crippen LogP contribution in [0.5, 0.6) is 0 Å². The van der Waals surface area contributed by atoms with E-state index in [0.29, 0.717) is 6.42 Å². The molecule has 2 rings (SSSR count). The lowest BCUT2D eigenvalue weighted by Crippen LogP contribution is -2.11. The van der Waals surface area contributed by atoms with E-state index in [2.05, 4.69) is 16.8 Å². The smallest absolute Gasteiger partial charge is 0.224 e. The van der Waals surface area contributed by atoms with Crippen molar-refractivity contribution in [2.24, 2.45) is 0 Å². The molecule has 0 radical (unpaired) electrons. The van der Waals surface area contributed by atoms with Gasteiger partial charge in [-0.2, -0.15) is 0 Å². The molecule has 0 fully saturated rings. The molecule has 1 aromatic heterocycles. The minimum Gasteiger partial charge on any atom is -0.392 e. The second-order valence-electron chi connectivity index (χ2n) is 4.34. The summed E-state index contributed by atoms with van der Waals surface area (Å²) in [6, 6.07) is 11.4. The predicted octanol–water partition coefficient (Wildman–Crippen LogP) is 3.20. The number of rotatable bonds is 6. The van der Waals surface area contributed by atoms with E-state index in [1.807, 2.05) is 18.2 Å². The first-order valence-corrected chi connectivity index (χ1v) is 7.18. The van der Waals surface area contributed by atoms with Crippen LogP contribution in [0.25, 0.3) is 0 Å². The molecule has 19 heavy (non-hydrogen) atoms. The molecule has 1 heterocycles. The zero-order valence-corrected chi connectivity index (χ0v) is 11.5. The van der Waals surface area contributed by atoms with Crippen molar-refractivity contribution in [3.8, 4) is 0 Å². The number of aliphatic hydroxyl groups excluding tert-OH is 1. The van der Waals surface area contributed by atoms with Gasteiger partial charge >= 0.3 is 0 Å². The maximum Gasteiger partial charge on any atom is 0.224 e. The average molecular weight is 275 g/mol. The van der Waals surface area contributed by atoms with Crippen molar-refractivity contribution < 1.29 is 9.90 Å². The van der Waals surface area contributed by atoms with E-state index in [0.717, 1.165) is 24.1 Å². The van der Waals surface area contributed by atoms with Crippen LogP contribution < -0.4 is 5.32 Å². The lowest BCUT2D eigenvalue weighted by Gasteiger charge is -2.05. The van der Waals surface area contributed by atoms with E-state index in [-0.39, 0.29) is 12.5 Å². The molecule has 1 amide bonds. The summed E-state index contributed by atoms with van der Waals surface area (Å²) in [6.07, 6.45) is 2.34. The van der Waals surface area contributed by atoms with Crippen molar-refractivity contribution in [2.75, 3.05) is 5.32 Å². The van der Waals surface area contributed by atoms with Crippen LogP contribution in [0, 0.1) is 0 Å². The molecule has 0 saturated carbocycles. The van der Waals surface area contributed by atoms with Crippen molar-refractivity contribution in [1.29, 1.82) is 0 Å². The fourth-order valence-electron chi connectivity index (χ4n) is 1.79. The van der Waals surface area contributed by atoms with Gasteiger partial charge in [0.1, 0.15) is 0 Å². The van der Waals surface area contributed by atoms with Crippen molar-refractivity contribution in [2.45, 2.75) is 25.9 Å². The van der Waals surface area contributed by atoms with E-state index in [1.54, 1.807) is 23.5 Å². The normalized spacial score (nSPS) is 10.4. The van der Waals surface area contributed by atoms with Gasteiger partial charge in [0.05, 0.1) is 6.61 Å². The topological polar surface area (TPSA) is 49.3 Å². The number of hydrogen-bond acceptors (Lipinski definition) is 3. The molecule has 100 valence electrons. The summed E-state index contributed by atoms with van der Waals surface area (Å²) >= 11 is 1.73. The number of anilines is 1. The van der Waals surface area contributed by atoms with Gasteiger partial charge in [0.2, 0.25) is 5.91 Å². The molecule has 0 aliphatic rings. The van der Waals surface area contributed by atoms with E-state index < -0.39 is 0 Å². The summed E-state index contributed by atoms with van der Waals surface area (Å²) in [5.41, 5.74) is 1.62. The van der Waals surface area contributed by atoms with Gasteiger partial charge in [-0.3, -0.25) is 4.79 Å². The molecule has 2 aromatic rings. The molecule has 0 bridgehead atoms. The Balaban J connectivity index is 1.74. The number of thiophene rings is 1. The molecule has 4 heteroatoms. The van der Waals surface area contributed by atoms with Crippen molar-refractivity contribution >= 4 is 22.9 Å². The Hall–Kier alpha value is -1.65. The molecule has 3 nitrogen and oxygen atoms in total. The van der Waals surface area contributed by atoms with Gasteiger partial charge in [0.25, 0.3) is 0 Å². The van der Waals surface area contributed by atoms with Crippen LogP contribution in [0.1, 0.15) is 23.3 Å². The number of carbonyl (C=O) groups excluding carboxylic acids is 1. The molecule has 2 N–H and O–H groups in total. The zero-order valence-electron chi connectivity index (χ0n) is 10.6. The van der Waals surface area contributed by atoms with Crippen LogP contribution in [0.3, 0.4) is 0 Å². The van der Waals surface area contributed by atoms with Crippen molar-refractivity contribution in [3.05, 3.63) is 52.2 Å². The molecular formula is C15H17NO2S. The minimum absolute atomic E-state index is 0.0229. The number of benzene rings is 1. The Bertz CT molecular complexity index is 505. The largest absolute Gasteiger partial charge is 0.392 e. The lowest BCUT2D eigenvalue weighted by atomic mass is 10.2. The Morgan fingerprint density at radius 3 is 2.63 bits per heavy atom. The number of carbonyl (C=O) groups is 1. The number of nitrogens with one attached hydrogen (secondary N) is 1. The van der Waals surface area contributed by atoms with Crippen molar-refractivity contribution in [3.63, 3.8) is 0 Å². The van der Waals surface area contributed by atoms with Gasteiger partial charge in [0, 0.05) is 17.0 Å². The first kappa shape index (κ1) is 13.8. The summed E-state index contributed by atoms with van der Waals surface area (Å²) in [7, 11) is 0. The van der Waals surface area contributed by atoms with Crippen LogP contribution in [0.2, 0.25) is 0 Å². The second-order valence-corrected chi connectivity index (χ2v) is 5.37. The van der Waals surface area contributed by atoms with Crippen LogP contribution in [0.15, 0.2) is 41.8 Å². The van der Waals surface area contributed by atoms with E-state index in [1.165, 1.54) is 4.88 Å². The van der Waals surface area contributed by atoms with Crippen molar-refractivity contribution in [1.82, 2.24) is 0 Å².